The minimum absolute atomic E-state index is 0.0567. The molecule has 1 heterocycles. The molecule has 0 spiro atoms. The van der Waals surface area contributed by atoms with Crippen LogP contribution in [0.4, 0.5) is 0 Å². The lowest BCUT2D eigenvalue weighted by molar-refractivity contribution is 0.0954. The van der Waals surface area contributed by atoms with E-state index in [-0.39, 0.29) is 5.91 Å². The van der Waals surface area contributed by atoms with Gasteiger partial charge in [0.15, 0.2) is 0 Å². The Kier molecular flexibility index (Phi) is 5.72. The summed E-state index contributed by atoms with van der Waals surface area (Å²) in [5, 5.41) is 6.75. The van der Waals surface area contributed by atoms with Crippen molar-refractivity contribution in [2.75, 3.05) is 13.1 Å². The third-order valence-corrected chi connectivity index (χ3v) is 3.41. The van der Waals surface area contributed by atoms with Crippen molar-refractivity contribution >= 4 is 17.5 Å². The molecule has 110 valence electrons. The second-order valence-electron chi connectivity index (χ2n) is 4.77. The van der Waals surface area contributed by atoms with Crippen molar-refractivity contribution in [2.24, 2.45) is 0 Å². The van der Waals surface area contributed by atoms with Gasteiger partial charge in [-0.2, -0.15) is 0 Å². The molecule has 4 nitrogen and oxygen atoms in total. The van der Waals surface area contributed by atoms with Gasteiger partial charge >= 0.3 is 0 Å². The van der Waals surface area contributed by atoms with Crippen LogP contribution in [0.5, 0.6) is 0 Å². The molecule has 0 bridgehead atoms. The Balaban J connectivity index is 1.69. The molecule has 2 rings (SSSR count). The molecule has 21 heavy (non-hydrogen) atoms. The van der Waals surface area contributed by atoms with Crippen LogP contribution in [-0.2, 0) is 6.54 Å². The second-order valence-corrected chi connectivity index (χ2v) is 5.17. The lowest BCUT2D eigenvalue weighted by atomic mass is 10.1. The Morgan fingerprint density at radius 1 is 1.19 bits per heavy atom. The first-order valence-electron chi connectivity index (χ1n) is 6.81. The number of aromatic nitrogens is 1. The number of nitrogens with zero attached hydrogens (tertiary/aromatic N) is 1. The van der Waals surface area contributed by atoms with Crippen molar-refractivity contribution in [1.82, 2.24) is 15.6 Å². The van der Waals surface area contributed by atoms with E-state index in [1.807, 2.05) is 37.3 Å². The molecule has 1 aromatic carbocycles. The number of pyridine rings is 1. The van der Waals surface area contributed by atoms with E-state index in [2.05, 4.69) is 15.6 Å². The van der Waals surface area contributed by atoms with Crippen molar-refractivity contribution in [3.05, 3.63) is 64.4 Å². The zero-order chi connectivity index (χ0) is 15.1. The fourth-order valence-corrected chi connectivity index (χ4v) is 2.03. The molecule has 0 fully saturated rings. The van der Waals surface area contributed by atoms with Gasteiger partial charge in [0.25, 0.3) is 5.91 Å². The SMILES string of the molecule is Cc1ccc(C(=O)NCCNCc2ccncc2Cl)cc1. The van der Waals surface area contributed by atoms with Gasteiger partial charge in [0.2, 0.25) is 0 Å². The van der Waals surface area contributed by atoms with Crippen molar-refractivity contribution < 1.29 is 4.79 Å². The smallest absolute Gasteiger partial charge is 0.251 e. The Morgan fingerprint density at radius 3 is 2.67 bits per heavy atom. The average molecular weight is 304 g/mol. The number of carbonyl (C=O) groups excluding carboxylic acids is 1. The number of nitrogens with one attached hydrogen (secondary N) is 2. The number of rotatable bonds is 6. The highest BCUT2D eigenvalue weighted by Crippen LogP contribution is 2.12. The predicted octanol–water partition coefficient (Wildman–Crippen LogP) is 2.56. The van der Waals surface area contributed by atoms with Crippen LogP contribution in [0.3, 0.4) is 0 Å². The summed E-state index contributed by atoms with van der Waals surface area (Å²) in [6.07, 6.45) is 3.33. The first kappa shape index (κ1) is 15.5. The topological polar surface area (TPSA) is 54.0 Å². The molecule has 0 aliphatic carbocycles. The molecule has 5 heteroatoms. The van der Waals surface area contributed by atoms with Crippen LogP contribution >= 0.6 is 11.6 Å². The first-order chi connectivity index (χ1) is 10.2. The standard InChI is InChI=1S/C16H18ClN3O/c1-12-2-4-13(5-3-12)16(21)20-9-8-19-10-14-6-7-18-11-15(14)17/h2-7,11,19H,8-10H2,1H3,(H,20,21). The van der Waals surface area contributed by atoms with E-state index in [4.69, 9.17) is 11.6 Å². The molecule has 1 amide bonds. The minimum atomic E-state index is -0.0567. The summed E-state index contributed by atoms with van der Waals surface area (Å²) in [5.74, 6) is -0.0567. The third kappa shape index (κ3) is 4.85. The maximum absolute atomic E-state index is 11.9. The first-order valence-corrected chi connectivity index (χ1v) is 7.18. The third-order valence-electron chi connectivity index (χ3n) is 3.07. The summed E-state index contributed by atoms with van der Waals surface area (Å²) in [6.45, 7) is 3.89. The van der Waals surface area contributed by atoms with Gasteiger partial charge in [0.1, 0.15) is 0 Å². The van der Waals surface area contributed by atoms with Crippen LogP contribution in [-0.4, -0.2) is 24.0 Å². The molecule has 0 unspecified atom stereocenters. The molecule has 0 radical (unpaired) electrons. The number of hydrogen-bond donors (Lipinski definition) is 2. The van der Waals surface area contributed by atoms with Crippen molar-refractivity contribution in [1.29, 1.82) is 0 Å². The van der Waals surface area contributed by atoms with Gasteiger partial charge in [-0.3, -0.25) is 9.78 Å². The van der Waals surface area contributed by atoms with Gasteiger partial charge in [0, 0.05) is 37.6 Å². The number of amides is 1. The van der Waals surface area contributed by atoms with E-state index in [1.165, 1.54) is 0 Å². The average Bonchev–Trinajstić information content (AvgIpc) is 2.49. The van der Waals surface area contributed by atoms with E-state index in [0.717, 1.165) is 11.1 Å². The van der Waals surface area contributed by atoms with Crippen LogP contribution in [0.1, 0.15) is 21.5 Å². The molecule has 0 saturated carbocycles. The fraction of sp³-hybridized carbons (Fsp3) is 0.250. The van der Waals surface area contributed by atoms with E-state index in [9.17, 15) is 4.79 Å². The maximum atomic E-state index is 11.9. The van der Waals surface area contributed by atoms with Crippen molar-refractivity contribution in [3.63, 3.8) is 0 Å². The molecule has 1 aromatic heterocycles. The summed E-state index contributed by atoms with van der Waals surface area (Å²) in [4.78, 5) is 15.8. The monoisotopic (exact) mass is 303 g/mol. The highest BCUT2D eigenvalue weighted by atomic mass is 35.5. The van der Waals surface area contributed by atoms with E-state index >= 15 is 0 Å². The van der Waals surface area contributed by atoms with Gasteiger partial charge in [0.05, 0.1) is 5.02 Å². The summed E-state index contributed by atoms with van der Waals surface area (Å²) >= 11 is 6.01. The van der Waals surface area contributed by atoms with Crippen LogP contribution in [0.15, 0.2) is 42.7 Å². The van der Waals surface area contributed by atoms with Crippen LogP contribution in [0, 0.1) is 6.92 Å². The number of hydrogen-bond acceptors (Lipinski definition) is 3. The maximum Gasteiger partial charge on any atom is 0.251 e. The predicted molar refractivity (Wildman–Crippen MR) is 84.5 cm³/mol. The number of benzene rings is 1. The van der Waals surface area contributed by atoms with Gasteiger partial charge in [-0.15, -0.1) is 0 Å². The molecular weight excluding hydrogens is 286 g/mol. The number of aryl methyl sites for hydroxylation is 1. The Morgan fingerprint density at radius 2 is 1.95 bits per heavy atom. The van der Waals surface area contributed by atoms with Gasteiger partial charge < -0.3 is 10.6 Å². The van der Waals surface area contributed by atoms with Crippen molar-refractivity contribution in [3.8, 4) is 0 Å². The summed E-state index contributed by atoms with van der Waals surface area (Å²) < 4.78 is 0. The Hall–Kier alpha value is -1.91. The highest BCUT2D eigenvalue weighted by molar-refractivity contribution is 6.31. The lowest BCUT2D eigenvalue weighted by Crippen LogP contribution is -2.31. The zero-order valence-electron chi connectivity index (χ0n) is 11.9. The van der Waals surface area contributed by atoms with Crippen LogP contribution in [0.2, 0.25) is 5.02 Å². The minimum Gasteiger partial charge on any atom is -0.351 e. The zero-order valence-corrected chi connectivity index (χ0v) is 12.7. The highest BCUT2D eigenvalue weighted by Gasteiger charge is 2.03. The summed E-state index contributed by atoms with van der Waals surface area (Å²) in [6, 6.07) is 9.39. The second kappa shape index (κ2) is 7.76. The molecule has 0 aliphatic rings. The molecular formula is C16H18ClN3O. The fourth-order valence-electron chi connectivity index (χ4n) is 1.84. The summed E-state index contributed by atoms with van der Waals surface area (Å²) in [5.41, 5.74) is 2.82. The number of halogens is 1. The molecule has 0 atom stereocenters. The Labute approximate surface area is 129 Å². The van der Waals surface area contributed by atoms with Gasteiger partial charge in [-0.05, 0) is 30.7 Å². The summed E-state index contributed by atoms with van der Waals surface area (Å²) in [7, 11) is 0. The Bertz CT molecular complexity index is 599. The normalized spacial score (nSPS) is 10.4. The number of carbonyl (C=O) groups is 1. The van der Waals surface area contributed by atoms with Crippen LogP contribution < -0.4 is 10.6 Å². The molecule has 0 aliphatic heterocycles. The van der Waals surface area contributed by atoms with E-state index in [0.29, 0.717) is 30.2 Å². The molecule has 2 N–H and O–H groups in total. The van der Waals surface area contributed by atoms with E-state index in [1.54, 1.807) is 12.4 Å². The van der Waals surface area contributed by atoms with Crippen molar-refractivity contribution in [2.45, 2.75) is 13.5 Å². The van der Waals surface area contributed by atoms with Gasteiger partial charge in [-0.25, -0.2) is 0 Å². The van der Waals surface area contributed by atoms with Crippen LogP contribution in [0.25, 0.3) is 0 Å². The largest absolute Gasteiger partial charge is 0.351 e. The molecule has 0 saturated heterocycles. The molecule has 2 aromatic rings. The lowest BCUT2D eigenvalue weighted by Gasteiger charge is -2.08. The van der Waals surface area contributed by atoms with E-state index < -0.39 is 0 Å². The van der Waals surface area contributed by atoms with Gasteiger partial charge in [-0.1, -0.05) is 29.3 Å². The quantitative estimate of drug-likeness (QED) is 0.807.